The lowest BCUT2D eigenvalue weighted by molar-refractivity contribution is -0.122. The molecule has 2 rings (SSSR count). The van der Waals surface area contributed by atoms with Crippen molar-refractivity contribution in [1.82, 2.24) is 10.9 Å². The van der Waals surface area contributed by atoms with Crippen LogP contribution in [0.5, 0.6) is 11.5 Å². The zero-order chi connectivity index (χ0) is 18.1. The van der Waals surface area contributed by atoms with Gasteiger partial charge in [0.2, 0.25) is 5.91 Å². The fraction of sp³-hybridized carbons (Fsp3) is 0.474. The number of carbonyl (C=O) groups excluding carboxylic acids is 2. The van der Waals surface area contributed by atoms with Gasteiger partial charge in [-0.1, -0.05) is 25.5 Å². The summed E-state index contributed by atoms with van der Waals surface area (Å²) in [4.78, 5) is 24.0. The minimum Gasteiger partial charge on any atom is -0.493 e. The number of hydrogen-bond acceptors (Lipinski definition) is 4. The molecule has 6 heteroatoms. The number of carbonyl (C=O) groups is 2. The van der Waals surface area contributed by atoms with Crippen LogP contribution in [0.3, 0.4) is 0 Å². The topological polar surface area (TPSA) is 76.7 Å². The van der Waals surface area contributed by atoms with Gasteiger partial charge in [0.15, 0.2) is 11.5 Å². The molecule has 1 aliphatic rings. The van der Waals surface area contributed by atoms with Crippen molar-refractivity contribution in [2.24, 2.45) is 5.92 Å². The van der Waals surface area contributed by atoms with Crippen LogP contribution in [0.1, 0.15) is 49.4 Å². The van der Waals surface area contributed by atoms with Gasteiger partial charge in [0.05, 0.1) is 13.7 Å². The zero-order valence-electron chi connectivity index (χ0n) is 14.8. The van der Waals surface area contributed by atoms with Crippen molar-refractivity contribution in [2.75, 3.05) is 13.7 Å². The third-order valence-corrected chi connectivity index (χ3v) is 4.06. The van der Waals surface area contributed by atoms with Gasteiger partial charge in [0.1, 0.15) is 0 Å². The highest BCUT2D eigenvalue weighted by molar-refractivity contribution is 5.96. The Hall–Kier alpha value is -2.50. The van der Waals surface area contributed by atoms with Crippen LogP contribution in [0.4, 0.5) is 0 Å². The Morgan fingerprint density at radius 2 is 2.08 bits per heavy atom. The van der Waals surface area contributed by atoms with Crippen molar-refractivity contribution in [3.8, 4) is 11.5 Å². The van der Waals surface area contributed by atoms with E-state index in [1.807, 2.05) is 6.08 Å². The second-order valence-corrected chi connectivity index (χ2v) is 6.04. The van der Waals surface area contributed by atoms with Gasteiger partial charge in [-0.3, -0.25) is 20.4 Å². The van der Waals surface area contributed by atoms with Gasteiger partial charge < -0.3 is 9.47 Å². The van der Waals surface area contributed by atoms with E-state index in [-0.39, 0.29) is 11.8 Å². The summed E-state index contributed by atoms with van der Waals surface area (Å²) in [6, 6.07) is 4.95. The van der Waals surface area contributed by atoms with Crippen molar-refractivity contribution in [3.63, 3.8) is 0 Å². The summed E-state index contributed by atoms with van der Waals surface area (Å²) in [7, 11) is 1.53. The van der Waals surface area contributed by atoms with Gasteiger partial charge in [-0.05, 0) is 43.4 Å². The molecular formula is C19H26N2O4. The summed E-state index contributed by atoms with van der Waals surface area (Å²) in [5.74, 6) is 0.761. The third kappa shape index (κ3) is 5.81. The van der Waals surface area contributed by atoms with Gasteiger partial charge in [-0.15, -0.1) is 0 Å². The predicted molar refractivity (Wildman–Crippen MR) is 95.5 cm³/mol. The van der Waals surface area contributed by atoms with Crippen molar-refractivity contribution in [2.45, 2.75) is 39.0 Å². The van der Waals surface area contributed by atoms with Crippen LogP contribution >= 0.6 is 0 Å². The third-order valence-electron chi connectivity index (χ3n) is 4.06. The van der Waals surface area contributed by atoms with Gasteiger partial charge in [-0.25, -0.2) is 0 Å². The number of ether oxygens (including phenoxy) is 2. The van der Waals surface area contributed by atoms with Crippen LogP contribution < -0.4 is 20.3 Å². The zero-order valence-corrected chi connectivity index (χ0v) is 14.8. The number of hydrazine groups is 1. The number of amides is 2. The Kier molecular flexibility index (Phi) is 7.32. The lowest BCUT2D eigenvalue weighted by Crippen LogP contribution is -2.42. The van der Waals surface area contributed by atoms with Crippen LogP contribution in [-0.2, 0) is 4.79 Å². The monoisotopic (exact) mass is 346 g/mol. The van der Waals surface area contributed by atoms with E-state index in [1.54, 1.807) is 18.2 Å². The van der Waals surface area contributed by atoms with Gasteiger partial charge >= 0.3 is 0 Å². The first-order chi connectivity index (χ1) is 12.1. The summed E-state index contributed by atoms with van der Waals surface area (Å²) >= 11 is 0. The molecule has 6 nitrogen and oxygen atoms in total. The Labute approximate surface area is 148 Å². The minimum atomic E-state index is -0.395. The largest absolute Gasteiger partial charge is 0.493 e. The summed E-state index contributed by atoms with van der Waals surface area (Å²) in [5.41, 5.74) is 5.28. The SMILES string of the molecule is CCCCOc1ccc(C(=O)NNC(=O)CC2C=CCC2)cc1OC. The second kappa shape index (κ2) is 9.71. The van der Waals surface area contributed by atoms with E-state index in [0.29, 0.717) is 30.1 Å². The van der Waals surface area contributed by atoms with Crippen molar-refractivity contribution < 1.29 is 19.1 Å². The molecule has 1 aromatic carbocycles. The van der Waals surface area contributed by atoms with Crippen LogP contribution in [0.25, 0.3) is 0 Å². The molecule has 1 unspecified atom stereocenters. The van der Waals surface area contributed by atoms with E-state index >= 15 is 0 Å². The molecule has 1 aliphatic carbocycles. The summed E-state index contributed by atoms with van der Waals surface area (Å²) in [6.07, 6.45) is 8.49. The van der Waals surface area contributed by atoms with Crippen molar-refractivity contribution >= 4 is 11.8 Å². The molecule has 2 amide bonds. The Balaban J connectivity index is 1.87. The fourth-order valence-corrected chi connectivity index (χ4v) is 2.61. The molecule has 0 aromatic heterocycles. The van der Waals surface area contributed by atoms with E-state index in [9.17, 15) is 9.59 Å². The highest BCUT2D eigenvalue weighted by Crippen LogP contribution is 2.28. The van der Waals surface area contributed by atoms with E-state index in [0.717, 1.165) is 25.7 Å². The lowest BCUT2D eigenvalue weighted by atomic mass is 10.1. The fourth-order valence-electron chi connectivity index (χ4n) is 2.61. The maximum atomic E-state index is 12.2. The smallest absolute Gasteiger partial charge is 0.269 e. The van der Waals surface area contributed by atoms with E-state index in [4.69, 9.17) is 9.47 Å². The van der Waals surface area contributed by atoms with Gasteiger partial charge in [-0.2, -0.15) is 0 Å². The highest BCUT2D eigenvalue weighted by Gasteiger charge is 2.15. The molecule has 0 fully saturated rings. The number of rotatable bonds is 8. The standard InChI is InChI=1S/C19H26N2O4/c1-3-4-11-25-16-10-9-15(13-17(16)24-2)19(23)21-20-18(22)12-14-7-5-6-8-14/h5,7,9-10,13-14H,3-4,6,8,11-12H2,1-2H3,(H,20,22)(H,21,23). The first kappa shape index (κ1) is 18.8. The molecule has 2 N–H and O–H groups in total. The van der Waals surface area contributed by atoms with Crippen LogP contribution in [0.15, 0.2) is 30.4 Å². The van der Waals surface area contributed by atoms with E-state index in [1.165, 1.54) is 7.11 Å². The van der Waals surface area contributed by atoms with E-state index < -0.39 is 5.91 Å². The summed E-state index contributed by atoms with van der Waals surface area (Å²) in [6.45, 7) is 2.69. The van der Waals surface area contributed by atoms with Crippen LogP contribution in [0, 0.1) is 5.92 Å². The van der Waals surface area contributed by atoms with Crippen molar-refractivity contribution in [3.05, 3.63) is 35.9 Å². The average molecular weight is 346 g/mol. The molecule has 0 aliphatic heterocycles. The average Bonchev–Trinajstić information content (AvgIpc) is 3.13. The molecular weight excluding hydrogens is 320 g/mol. The van der Waals surface area contributed by atoms with E-state index in [2.05, 4.69) is 23.9 Å². The Morgan fingerprint density at radius 3 is 2.76 bits per heavy atom. The summed E-state index contributed by atoms with van der Waals surface area (Å²) < 4.78 is 10.9. The number of methoxy groups -OCH3 is 1. The molecule has 136 valence electrons. The first-order valence-electron chi connectivity index (χ1n) is 8.70. The molecule has 0 radical (unpaired) electrons. The molecule has 0 saturated carbocycles. The predicted octanol–water partition coefficient (Wildman–Crippen LogP) is 2.99. The molecule has 0 saturated heterocycles. The second-order valence-electron chi connectivity index (χ2n) is 6.04. The van der Waals surface area contributed by atoms with Gasteiger partial charge in [0, 0.05) is 12.0 Å². The first-order valence-corrected chi connectivity index (χ1v) is 8.70. The number of benzene rings is 1. The number of unbranched alkanes of at least 4 members (excludes halogenated alkanes) is 1. The molecule has 0 spiro atoms. The highest BCUT2D eigenvalue weighted by atomic mass is 16.5. The minimum absolute atomic E-state index is 0.198. The van der Waals surface area contributed by atoms with Crippen molar-refractivity contribution in [1.29, 1.82) is 0 Å². The quantitative estimate of drug-likeness (QED) is 0.431. The van der Waals surface area contributed by atoms with Crippen LogP contribution in [0.2, 0.25) is 0 Å². The number of hydrogen-bond donors (Lipinski definition) is 2. The van der Waals surface area contributed by atoms with Crippen LogP contribution in [-0.4, -0.2) is 25.5 Å². The number of allylic oxidation sites excluding steroid dienone is 2. The normalized spacial score (nSPS) is 15.7. The number of nitrogens with one attached hydrogen (secondary N) is 2. The Bertz CT molecular complexity index is 628. The Morgan fingerprint density at radius 1 is 1.24 bits per heavy atom. The molecule has 1 aromatic rings. The molecule has 25 heavy (non-hydrogen) atoms. The van der Waals surface area contributed by atoms with Gasteiger partial charge in [0.25, 0.3) is 5.91 Å². The summed E-state index contributed by atoms with van der Waals surface area (Å²) in [5, 5.41) is 0. The lowest BCUT2D eigenvalue weighted by Gasteiger charge is -2.13. The molecule has 0 heterocycles. The molecule has 1 atom stereocenters. The molecule has 0 bridgehead atoms. The maximum absolute atomic E-state index is 12.2. The maximum Gasteiger partial charge on any atom is 0.269 e.